The third-order valence-corrected chi connectivity index (χ3v) is 10.3. The number of amides is 1. The van der Waals surface area contributed by atoms with Crippen LogP contribution in [0.15, 0.2) is 23.1 Å². The zero-order valence-corrected chi connectivity index (χ0v) is 38.4. The molecule has 62 heavy (non-hydrogen) atoms. The van der Waals surface area contributed by atoms with E-state index in [4.69, 9.17) is 14.2 Å². The van der Waals surface area contributed by atoms with Crippen LogP contribution in [0.2, 0.25) is 0 Å². The highest BCUT2D eigenvalue weighted by molar-refractivity contribution is 5.93. The number of rotatable bonds is 11. The molecule has 2 saturated heterocycles. The van der Waals surface area contributed by atoms with Crippen molar-refractivity contribution in [3.8, 4) is 0 Å². The fraction of sp³-hybridized carbons (Fsp3) is 0.682. The number of benzene rings is 1. The Hall–Kier alpha value is -4.65. The third kappa shape index (κ3) is 15.6. The van der Waals surface area contributed by atoms with Gasteiger partial charge >= 0.3 is 23.9 Å². The summed E-state index contributed by atoms with van der Waals surface area (Å²) in [5.74, 6) is -3.32. The maximum Gasteiger partial charge on any atom is 0.341 e. The number of hydrogen-bond acceptors (Lipinski definition) is 14. The topological polar surface area (TPSA) is 175 Å². The Morgan fingerprint density at radius 3 is 1.35 bits per heavy atom. The predicted octanol–water partition coefficient (Wildman–Crippen LogP) is 2.75. The number of aromatic nitrogens is 1. The Balaban J connectivity index is 1.52. The number of anilines is 1. The minimum Gasteiger partial charge on any atom is -0.477 e. The Morgan fingerprint density at radius 1 is 0.613 bits per heavy atom. The molecule has 1 amide bonds. The predicted molar refractivity (Wildman–Crippen MR) is 233 cm³/mol. The van der Waals surface area contributed by atoms with E-state index in [1.54, 1.807) is 64.0 Å². The lowest BCUT2D eigenvalue weighted by molar-refractivity contribution is -0.158. The highest BCUT2D eigenvalue weighted by atomic mass is 19.1. The van der Waals surface area contributed by atoms with Crippen LogP contribution in [0, 0.1) is 5.82 Å². The van der Waals surface area contributed by atoms with Crippen molar-refractivity contribution in [1.82, 2.24) is 29.1 Å². The summed E-state index contributed by atoms with van der Waals surface area (Å²) < 4.78 is 34.2. The number of carbonyl (C=O) groups excluding carboxylic acids is 4. The van der Waals surface area contributed by atoms with E-state index < -0.39 is 51.5 Å². The average molecular weight is 874 g/mol. The largest absolute Gasteiger partial charge is 0.477 e. The first-order valence-corrected chi connectivity index (χ1v) is 21.5. The van der Waals surface area contributed by atoms with Crippen LogP contribution >= 0.6 is 0 Å². The van der Waals surface area contributed by atoms with E-state index >= 15 is 4.39 Å². The molecule has 1 aromatic carbocycles. The molecule has 2 aromatic rings. The molecule has 17 nitrogen and oxygen atoms in total. The molecule has 0 spiro atoms. The van der Waals surface area contributed by atoms with E-state index in [2.05, 4.69) is 0 Å². The van der Waals surface area contributed by atoms with Gasteiger partial charge in [-0.1, -0.05) is 0 Å². The second-order valence-electron chi connectivity index (χ2n) is 19.0. The molecule has 0 radical (unpaired) electrons. The summed E-state index contributed by atoms with van der Waals surface area (Å²) in [6.45, 7) is 23.1. The number of pyridine rings is 1. The highest BCUT2D eigenvalue weighted by Gasteiger charge is 2.29. The molecule has 0 atom stereocenters. The van der Waals surface area contributed by atoms with Gasteiger partial charge < -0.3 is 33.7 Å². The lowest BCUT2D eigenvalue weighted by atomic mass is 10.1. The number of ether oxygens (including phenoxy) is 3. The molecule has 2 aliphatic heterocycles. The Bertz CT molecular complexity index is 1930. The number of fused-ring (bicyclic) bond motifs is 1. The number of halogens is 1. The minimum atomic E-state index is -1.38. The van der Waals surface area contributed by atoms with Crippen molar-refractivity contribution in [3.05, 3.63) is 39.9 Å². The van der Waals surface area contributed by atoms with Gasteiger partial charge in [-0.2, -0.15) is 0 Å². The number of esters is 3. The molecule has 2 aliphatic rings. The van der Waals surface area contributed by atoms with Gasteiger partial charge in [0.2, 0.25) is 11.3 Å². The van der Waals surface area contributed by atoms with Crippen molar-refractivity contribution in [2.45, 2.75) is 92.6 Å². The second-order valence-corrected chi connectivity index (χ2v) is 19.0. The molecule has 0 saturated carbocycles. The first-order chi connectivity index (χ1) is 28.8. The quantitative estimate of drug-likeness (QED) is 0.258. The SMILES string of the molecule is CCn1cc(C(=O)O)c(=O)c2cc(F)c(N3CCN(C(=O)CN4CCN(CC(=O)OC(C)(C)C)CCN(CC(=O)OC(C)(C)C)CCN(CC(=O)OC(C)(C)C)CC4)CC3)cc21. The zero-order chi connectivity index (χ0) is 46.2. The number of piperazine rings is 1. The normalized spacial score (nSPS) is 17.6. The number of hydrogen-bond donors (Lipinski definition) is 1. The number of carboxylic acid groups (broad SMARTS) is 1. The van der Waals surface area contributed by atoms with E-state index in [0.717, 1.165) is 6.07 Å². The Morgan fingerprint density at radius 2 is 1.00 bits per heavy atom. The minimum absolute atomic E-state index is 0.00645. The standard InChI is InChI=1S/C44H68FN7O10/c1-11-50-26-32(41(58)59)40(57)31-24-33(45)35(25-34(31)50)51-20-22-52(23-21-51)36(53)27-46-12-14-47(28-37(54)60-42(2,3)4)16-18-49(30-39(56)62-44(8,9)10)19-17-48(15-13-46)29-38(55)61-43(5,6)7/h24-26H,11-23,27-30H2,1-10H3,(H,58,59). The molecule has 4 rings (SSSR count). The first-order valence-electron chi connectivity index (χ1n) is 21.5. The van der Waals surface area contributed by atoms with Gasteiger partial charge in [0.25, 0.3) is 0 Å². The van der Waals surface area contributed by atoms with Gasteiger partial charge in [-0.3, -0.25) is 43.6 Å². The summed E-state index contributed by atoms with van der Waals surface area (Å²) in [5.41, 5.74) is -2.53. The van der Waals surface area contributed by atoms with Crippen LogP contribution in [-0.4, -0.2) is 185 Å². The lowest BCUT2D eigenvalue weighted by Crippen LogP contribution is -2.53. The second kappa shape index (κ2) is 21.1. The molecular formula is C44H68FN7O10. The van der Waals surface area contributed by atoms with Crippen LogP contribution in [0.3, 0.4) is 0 Å². The van der Waals surface area contributed by atoms with Gasteiger partial charge in [0.15, 0.2) is 0 Å². The third-order valence-electron chi connectivity index (χ3n) is 10.3. The monoisotopic (exact) mass is 874 g/mol. The summed E-state index contributed by atoms with van der Waals surface area (Å²) in [4.78, 5) is 89.2. The lowest BCUT2D eigenvalue weighted by Gasteiger charge is -2.38. The molecule has 3 heterocycles. The van der Waals surface area contributed by atoms with Crippen molar-refractivity contribution < 1.29 is 47.7 Å². The number of carbonyl (C=O) groups is 5. The Kier molecular flexibility index (Phi) is 17.1. The molecule has 1 aromatic heterocycles. The van der Waals surface area contributed by atoms with Crippen molar-refractivity contribution in [1.29, 1.82) is 0 Å². The first kappa shape index (κ1) is 50.0. The van der Waals surface area contributed by atoms with Gasteiger partial charge in [-0.05, 0) is 81.4 Å². The summed E-state index contributed by atoms with van der Waals surface area (Å²) >= 11 is 0. The summed E-state index contributed by atoms with van der Waals surface area (Å²) in [7, 11) is 0. The number of aromatic carboxylic acids is 1. The molecule has 0 bridgehead atoms. The van der Waals surface area contributed by atoms with E-state index in [-0.39, 0.29) is 49.1 Å². The van der Waals surface area contributed by atoms with E-state index in [1.807, 2.05) is 45.3 Å². The summed E-state index contributed by atoms with van der Waals surface area (Å²) in [6.07, 6.45) is 1.28. The summed E-state index contributed by atoms with van der Waals surface area (Å²) in [6, 6.07) is 2.66. The van der Waals surface area contributed by atoms with Gasteiger partial charge in [0.1, 0.15) is 28.2 Å². The summed E-state index contributed by atoms with van der Waals surface area (Å²) in [5, 5.41) is 9.51. The van der Waals surface area contributed by atoms with Crippen molar-refractivity contribution in [3.63, 3.8) is 0 Å². The maximum atomic E-state index is 15.6. The van der Waals surface area contributed by atoms with Gasteiger partial charge in [-0.25, -0.2) is 9.18 Å². The van der Waals surface area contributed by atoms with E-state index in [0.29, 0.717) is 90.6 Å². The average Bonchev–Trinajstić information content (AvgIpc) is 3.13. The number of aryl methyl sites for hydroxylation is 1. The number of nitrogens with zero attached hydrogens (tertiary/aromatic N) is 7. The molecular weight excluding hydrogens is 806 g/mol. The van der Waals surface area contributed by atoms with Crippen molar-refractivity contribution in [2.24, 2.45) is 0 Å². The molecule has 346 valence electrons. The molecule has 1 N–H and O–H groups in total. The van der Waals surface area contributed by atoms with E-state index in [9.17, 15) is 33.9 Å². The van der Waals surface area contributed by atoms with Crippen molar-refractivity contribution >= 4 is 46.4 Å². The number of carboxylic acids is 1. The van der Waals surface area contributed by atoms with Crippen LogP contribution in [0.4, 0.5) is 10.1 Å². The van der Waals surface area contributed by atoms with Gasteiger partial charge in [0.05, 0.1) is 37.4 Å². The van der Waals surface area contributed by atoms with Crippen LogP contribution in [0.25, 0.3) is 10.9 Å². The van der Waals surface area contributed by atoms with Crippen LogP contribution in [-0.2, 0) is 39.9 Å². The van der Waals surface area contributed by atoms with Crippen LogP contribution < -0.4 is 10.3 Å². The van der Waals surface area contributed by atoms with Crippen LogP contribution in [0.5, 0.6) is 0 Å². The zero-order valence-electron chi connectivity index (χ0n) is 38.4. The maximum absolute atomic E-state index is 15.6. The fourth-order valence-corrected chi connectivity index (χ4v) is 7.42. The molecule has 2 fully saturated rings. The van der Waals surface area contributed by atoms with E-state index in [1.165, 1.54) is 6.20 Å². The van der Waals surface area contributed by atoms with Gasteiger partial charge in [0, 0.05) is 96.7 Å². The molecule has 0 unspecified atom stereocenters. The fourth-order valence-electron chi connectivity index (χ4n) is 7.42. The Labute approximate surface area is 364 Å². The van der Waals surface area contributed by atoms with Gasteiger partial charge in [-0.15, -0.1) is 0 Å². The van der Waals surface area contributed by atoms with Crippen molar-refractivity contribution in [2.75, 3.05) is 110 Å². The highest BCUT2D eigenvalue weighted by Crippen LogP contribution is 2.27. The van der Waals surface area contributed by atoms with Crippen LogP contribution in [0.1, 0.15) is 79.6 Å². The smallest absolute Gasteiger partial charge is 0.341 e. The molecule has 0 aliphatic carbocycles. The molecule has 18 heteroatoms.